The van der Waals surface area contributed by atoms with Crippen LogP contribution >= 0.6 is 0 Å². The summed E-state index contributed by atoms with van der Waals surface area (Å²) in [4.78, 5) is 11.3. The molecule has 2 atom stereocenters. The Balaban J connectivity index is 5.30. The van der Waals surface area contributed by atoms with E-state index in [2.05, 4.69) is 4.74 Å². The summed E-state index contributed by atoms with van der Waals surface area (Å²) < 4.78 is 96.3. The molecule has 0 aliphatic carbocycles. The predicted octanol–water partition coefficient (Wildman–Crippen LogP) is 3.64. The molecule has 11 heteroatoms. The van der Waals surface area contributed by atoms with Gasteiger partial charge in [-0.25, -0.2) is 17.2 Å². The first-order chi connectivity index (χ1) is 11.9. The van der Waals surface area contributed by atoms with Gasteiger partial charge in [-0.05, 0) is 46.0 Å². The molecule has 0 heterocycles. The fraction of sp³-hybridized carbons (Fsp3) is 0.938. The second-order valence-electron chi connectivity index (χ2n) is 7.30. The van der Waals surface area contributed by atoms with Crippen molar-refractivity contribution in [3.63, 3.8) is 0 Å². The quantitative estimate of drug-likeness (QED) is 0.375. The number of methoxy groups -OCH3 is 1. The van der Waals surface area contributed by atoms with Gasteiger partial charge in [-0.15, -0.1) is 0 Å². The molecule has 2 unspecified atom stereocenters. The van der Waals surface area contributed by atoms with Gasteiger partial charge in [-0.2, -0.15) is 17.5 Å². The molecule has 0 saturated heterocycles. The van der Waals surface area contributed by atoms with Crippen molar-refractivity contribution in [1.29, 1.82) is 0 Å². The lowest BCUT2D eigenvalue weighted by Crippen LogP contribution is -2.41. The average molecular weight is 425 g/mol. The van der Waals surface area contributed by atoms with Crippen LogP contribution in [0.3, 0.4) is 0 Å². The second kappa shape index (κ2) is 9.49. The minimum absolute atomic E-state index is 0.0555. The molecule has 0 bridgehead atoms. The number of carbonyl (C=O) groups excluding carboxylic acids is 1. The van der Waals surface area contributed by atoms with Crippen LogP contribution in [0.5, 0.6) is 0 Å². The molecule has 0 saturated carbocycles. The highest BCUT2D eigenvalue weighted by atomic mass is 32.2. The lowest BCUT2D eigenvalue weighted by molar-refractivity contribution is -0.229. The molecule has 5 nitrogen and oxygen atoms in total. The lowest BCUT2D eigenvalue weighted by Gasteiger charge is -2.31. The van der Waals surface area contributed by atoms with Gasteiger partial charge in [0.25, 0.3) is 0 Å². The van der Waals surface area contributed by atoms with Gasteiger partial charge >= 0.3 is 12.1 Å². The molecular weight excluding hydrogens is 397 g/mol. The van der Waals surface area contributed by atoms with Gasteiger partial charge in [0.15, 0.2) is 0 Å². The van der Waals surface area contributed by atoms with Gasteiger partial charge in [0.1, 0.15) is 12.2 Å². The van der Waals surface area contributed by atoms with Crippen LogP contribution in [0.25, 0.3) is 0 Å². The van der Waals surface area contributed by atoms with Gasteiger partial charge in [0.2, 0.25) is 15.7 Å². The zero-order valence-electron chi connectivity index (χ0n) is 16.2. The summed E-state index contributed by atoms with van der Waals surface area (Å²) in [6, 6.07) is 0. The number of halogens is 5. The van der Waals surface area contributed by atoms with Crippen molar-refractivity contribution in [3.05, 3.63) is 0 Å². The number of rotatable bonds is 11. The van der Waals surface area contributed by atoms with Crippen molar-refractivity contribution in [1.82, 2.24) is 4.31 Å². The van der Waals surface area contributed by atoms with Crippen molar-refractivity contribution in [2.45, 2.75) is 64.5 Å². The van der Waals surface area contributed by atoms with Gasteiger partial charge in [0, 0.05) is 6.54 Å². The molecule has 27 heavy (non-hydrogen) atoms. The Kier molecular flexibility index (Phi) is 9.15. The third-order valence-electron chi connectivity index (χ3n) is 4.10. The summed E-state index contributed by atoms with van der Waals surface area (Å²) in [6.45, 7) is 3.50. The fourth-order valence-electron chi connectivity index (χ4n) is 2.68. The van der Waals surface area contributed by atoms with Crippen LogP contribution in [0.1, 0.15) is 47.0 Å². The Labute approximate surface area is 157 Å². The largest absolute Gasteiger partial charge is 0.468 e. The average Bonchev–Trinajstić information content (AvgIpc) is 2.46. The number of sulfonamides is 1. The highest BCUT2D eigenvalue weighted by Crippen LogP contribution is 2.41. The zero-order valence-corrected chi connectivity index (χ0v) is 17.0. The normalized spacial score (nSPS) is 16.9. The Morgan fingerprint density at radius 1 is 1.07 bits per heavy atom. The molecule has 0 aromatic carbocycles. The number of nitrogens with zero attached hydrogens (tertiary/aromatic N) is 1. The first kappa shape index (κ1) is 26.0. The highest BCUT2D eigenvalue weighted by molar-refractivity contribution is 7.89. The minimum atomic E-state index is -5.15. The maximum atomic E-state index is 14.0. The lowest BCUT2D eigenvalue weighted by atomic mass is 9.84. The van der Waals surface area contributed by atoms with E-state index in [1.807, 2.05) is 0 Å². The molecule has 0 fully saturated rings. The van der Waals surface area contributed by atoms with Crippen LogP contribution in [-0.4, -0.2) is 62.2 Å². The molecule has 162 valence electrons. The summed E-state index contributed by atoms with van der Waals surface area (Å²) in [5.74, 6) is -2.59. The molecule has 0 aromatic rings. The second-order valence-corrected chi connectivity index (χ2v) is 9.38. The van der Waals surface area contributed by atoms with Crippen LogP contribution < -0.4 is 0 Å². The van der Waals surface area contributed by atoms with E-state index in [9.17, 15) is 35.2 Å². The number of carbonyl (C=O) groups is 1. The van der Waals surface area contributed by atoms with Crippen LogP contribution in [0.2, 0.25) is 0 Å². The summed E-state index contributed by atoms with van der Waals surface area (Å²) in [5, 5.41) is 0. The number of esters is 1. The molecule has 0 spiro atoms. The number of alkyl halides is 5. The van der Waals surface area contributed by atoms with E-state index >= 15 is 0 Å². The molecule has 0 aromatic heterocycles. The van der Waals surface area contributed by atoms with Crippen LogP contribution in [0, 0.1) is 5.92 Å². The smallest absolute Gasteiger partial charge is 0.422 e. The summed E-state index contributed by atoms with van der Waals surface area (Å²) in [5.41, 5.74) is -5.46. The van der Waals surface area contributed by atoms with Gasteiger partial charge < -0.3 is 4.74 Å². The third-order valence-corrected chi connectivity index (χ3v) is 6.03. The third kappa shape index (κ3) is 9.18. The predicted molar refractivity (Wildman–Crippen MR) is 91.1 cm³/mol. The van der Waals surface area contributed by atoms with Crippen LogP contribution in [0.15, 0.2) is 0 Å². The first-order valence-corrected chi connectivity index (χ1v) is 10.1. The molecule has 0 amide bonds. The number of hydrogen-bond donors (Lipinski definition) is 0. The summed E-state index contributed by atoms with van der Waals surface area (Å²) in [6.07, 6.45) is -7.00. The molecule has 0 radical (unpaired) electrons. The SMILES string of the molecule is CCN(CC(=O)OC)S(=O)(=O)CCC(CC(C)(C)F)CC(C)(F)C(F)(F)F. The Bertz CT molecular complexity index is 585. The number of hydrogen-bond acceptors (Lipinski definition) is 4. The van der Waals surface area contributed by atoms with Crippen molar-refractivity contribution in [3.8, 4) is 0 Å². The van der Waals surface area contributed by atoms with Crippen molar-refractivity contribution in [2.75, 3.05) is 26.0 Å². The van der Waals surface area contributed by atoms with Crippen LogP contribution in [-0.2, 0) is 19.6 Å². The monoisotopic (exact) mass is 425 g/mol. The highest BCUT2D eigenvalue weighted by Gasteiger charge is 2.53. The van der Waals surface area contributed by atoms with E-state index in [0.29, 0.717) is 6.92 Å². The topological polar surface area (TPSA) is 63.7 Å². The molecule has 0 rings (SSSR count). The molecule has 0 N–H and O–H groups in total. The van der Waals surface area contributed by atoms with Crippen molar-refractivity contribution in [2.24, 2.45) is 5.92 Å². The van der Waals surface area contributed by atoms with Gasteiger partial charge in [-0.1, -0.05) is 6.92 Å². The Hall–Kier alpha value is -0.970. The molecular formula is C16H28F5NO4S. The van der Waals surface area contributed by atoms with E-state index in [4.69, 9.17) is 0 Å². The molecule has 0 aliphatic rings. The first-order valence-electron chi connectivity index (χ1n) is 8.44. The van der Waals surface area contributed by atoms with Gasteiger partial charge in [0.05, 0.1) is 12.9 Å². The summed E-state index contributed by atoms with van der Waals surface area (Å²) >= 11 is 0. The fourth-order valence-corrected chi connectivity index (χ4v) is 4.27. The van der Waals surface area contributed by atoms with Crippen molar-refractivity contribution < 1.29 is 39.9 Å². The number of ether oxygens (including phenoxy) is 1. The Morgan fingerprint density at radius 2 is 1.59 bits per heavy atom. The maximum absolute atomic E-state index is 14.0. The van der Waals surface area contributed by atoms with Crippen LogP contribution in [0.4, 0.5) is 22.0 Å². The van der Waals surface area contributed by atoms with E-state index in [-0.39, 0.29) is 13.0 Å². The summed E-state index contributed by atoms with van der Waals surface area (Å²) in [7, 11) is -2.93. The van der Waals surface area contributed by atoms with E-state index in [1.165, 1.54) is 6.92 Å². The Morgan fingerprint density at radius 3 is 1.96 bits per heavy atom. The van der Waals surface area contributed by atoms with E-state index in [1.54, 1.807) is 0 Å². The molecule has 0 aliphatic heterocycles. The van der Waals surface area contributed by atoms with Crippen molar-refractivity contribution >= 4 is 16.0 Å². The van der Waals surface area contributed by atoms with E-state index in [0.717, 1.165) is 25.3 Å². The zero-order chi connectivity index (χ0) is 21.7. The standard InChI is InChI=1S/C16H28F5NO4S/c1-6-22(11-13(23)26-5)27(24,25)8-7-12(9-14(2,3)17)10-15(4,18)16(19,20)21/h12H,6-11H2,1-5H3. The van der Waals surface area contributed by atoms with Gasteiger partial charge in [-0.3, -0.25) is 4.79 Å². The minimum Gasteiger partial charge on any atom is -0.468 e. The number of likely N-dealkylation sites (N-methyl/N-ethyl adjacent to an activating group) is 1. The maximum Gasteiger partial charge on any atom is 0.422 e. The van der Waals surface area contributed by atoms with E-state index < -0.39 is 64.6 Å².